The minimum Gasteiger partial charge on any atom is -0.379 e. The zero-order chi connectivity index (χ0) is 15.0. The van der Waals surface area contributed by atoms with Crippen LogP contribution in [0.25, 0.3) is 5.69 Å². The van der Waals surface area contributed by atoms with Crippen LogP contribution in [0.1, 0.15) is 5.56 Å². The fourth-order valence-electron chi connectivity index (χ4n) is 2.19. The number of allylic oxidation sites excluding steroid dienone is 1. The molecule has 0 spiro atoms. The Kier molecular flexibility index (Phi) is 5.53. The lowest BCUT2D eigenvalue weighted by Gasteiger charge is -2.13. The zero-order valence-corrected chi connectivity index (χ0v) is 13.2. The molecule has 2 N–H and O–H groups in total. The predicted molar refractivity (Wildman–Crippen MR) is 89.8 cm³/mol. The molecule has 0 saturated heterocycles. The van der Waals surface area contributed by atoms with Gasteiger partial charge in [0.05, 0.1) is 18.9 Å². The standard InChI is InChI=1S/C16H20N4OS/c1-6-19-20(8-1)15-4-2-14(3-5-15)12-16-13-18-17-7-9-21-10-11-22-16/h1-6,8,13,17-18H,7,9-12H2/b16-13-. The quantitative estimate of drug-likeness (QED) is 0.908. The lowest BCUT2D eigenvalue weighted by Crippen LogP contribution is -2.31. The Hall–Kier alpha value is -1.76. The number of nitrogens with one attached hydrogen (secondary N) is 2. The second-order valence-electron chi connectivity index (χ2n) is 4.94. The van der Waals surface area contributed by atoms with Crippen LogP contribution in [-0.2, 0) is 11.2 Å². The summed E-state index contributed by atoms with van der Waals surface area (Å²) >= 11 is 1.83. The Bertz CT molecular complexity index is 595. The number of hydrogen-bond acceptors (Lipinski definition) is 5. The van der Waals surface area contributed by atoms with Crippen LogP contribution < -0.4 is 10.9 Å². The van der Waals surface area contributed by atoms with Crippen molar-refractivity contribution < 1.29 is 4.74 Å². The molecule has 0 fully saturated rings. The van der Waals surface area contributed by atoms with Crippen LogP contribution in [0.15, 0.2) is 53.8 Å². The molecule has 1 aliphatic rings. The van der Waals surface area contributed by atoms with Gasteiger partial charge in [0.1, 0.15) is 0 Å². The molecule has 1 aromatic heterocycles. The highest BCUT2D eigenvalue weighted by atomic mass is 32.2. The van der Waals surface area contributed by atoms with Crippen LogP contribution in [-0.4, -0.2) is 35.3 Å². The highest BCUT2D eigenvalue weighted by Crippen LogP contribution is 2.21. The summed E-state index contributed by atoms with van der Waals surface area (Å²) in [6, 6.07) is 10.4. The van der Waals surface area contributed by atoms with Gasteiger partial charge in [-0.05, 0) is 23.8 Å². The van der Waals surface area contributed by atoms with Crippen molar-refractivity contribution in [3.63, 3.8) is 0 Å². The average Bonchev–Trinajstić information content (AvgIpc) is 3.09. The maximum Gasteiger partial charge on any atom is 0.0645 e. The molecule has 0 aliphatic carbocycles. The molecule has 3 rings (SSSR count). The van der Waals surface area contributed by atoms with Crippen molar-refractivity contribution in [1.29, 1.82) is 0 Å². The summed E-state index contributed by atoms with van der Waals surface area (Å²) in [4.78, 5) is 1.30. The van der Waals surface area contributed by atoms with Crippen molar-refractivity contribution >= 4 is 11.8 Å². The number of ether oxygens (including phenoxy) is 1. The molecule has 1 aromatic carbocycles. The van der Waals surface area contributed by atoms with E-state index in [2.05, 4.69) is 46.4 Å². The summed E-state index contributed by atoms with van der Waals surface area (Å²) in [5.74, 6) is 0.985. The SMILES string of the molecule is C1=C(/Cc2ccc(-n3cccn3)cc2)SCCOCCNN/1. The lowest BCUT2D eigenvalue weighted by atomic mass is 10.1. The fraction of sp³-hybridized carbons (Fsp3) is 0.312. The number of aromatic nitrogens is 2. The topological polar surface area (TPSA) is 51.1 Å². The summed E-state index contributed by atoms with van der Waals surface area (Å²) in [6.45, 7) is 2.35. The number of nitrogens with zero attached hydrogens (tertiary/aromatic N) is 2. The van der Waals surface area contributed by atoms with Crippen molar-refractivity contribution in [1.82, 2.24) is 20.6 Å². The van der Waals surface area contributed by atoms with Gasteiger partial charge in [0.2, 0.25) is 0 Å². The summed E-state index contributed by atoms with van der Waals surface area (Å²) in [5.41, 5.74) is 8.62. The third kappa shape index (κ3) is 4.37. The van der Waals surface area contributed by atoms with E-state index in [4.69, 9.17) is 4.74 Å². The molecule has 6 heteroatoms. The third-order valence-electron chi connectivity index (χ3n) is 3.31. The molecule has 0 bridgehead atoms. The molecular weight excluding hydrogens is 296 g/mol. The van der Waals surface area contributed by atoms with Crippen LogP contribution in [0.2, 0.25) is 0 Å². The van der Waals surface area contributed by atoms with Crippen LogP contribution in [0.4, 0.5) is 0 Å². The van der Waals surface area contributed by atoms with E-state index in [0.717, 1.165) is 37.6 Å². The van der Waals surface area contributed by atoms with E-state index in [0.29, 0.717) is 0 Å². The van der Waals surface area contributed by atoms with Gasteiger partial charge < -0.3 is 10.2 Å². The summed E-state index contributed by atoms with van der Waals surface area (Å²) in [7, 11) is 0. The molecule has 2 aromatic rings. The minimum absolute atomic E-state index is 0.742. The van der Waals surface area contributed by atoms with Gasteiger partial charge >= 0.3 is 0 Å². The number of rotatable bonds is 3. The second-order valence-corrected chi connectivity index (χ2v) is 6.16. The van der Waals surface area contributed by atoms with Crippen molar-refractivity contribution in [2.24, 2.45) is 0 Å². The molecule has 0 amide bonds. The molecular formula is C16H20N4OS. The highest BCUT2D eigenvalue weighted by molar-refractivity contribution is 8.03. The van der Waals surface area contributed by atoms with Gasteiger partial charge in [-0.1, -0.05) is 12.1 Å². The summed E-state index contributed by atoms with van der Waals surface area (Å²) in [6.07, 6.45) is 6.70. The molecule has 0 saturated carbocycles. The van der Waals surface area contributed by atoms with Crippen LogP contribution >= 0.6 is 11.8 Å². The smallest absolute Gasteiger partial charge is 0.0645 e. The normalized spacial score (nSPS) is 19.0. The monoisotopic (exact) mass is 316 g/mol. The van der Waals surface area contributed by atoms with Crippen molar-refractivity contribution in [3.05, 3.63) is 59.4 Å². The first-order valence-electron chi connectivity index (χ1n) is 7.39. The molecule has 116 valence electrons. The maximum atomic E-state index is 5.51. The Morgan fingerprint density at radius 1 is 1.23 bits per heavy atom. The van der Waals surface area contributed by atoms with Crippen LogP contribution in [0.5, 0.6) is 0 Å². The van der Waals surface area contributed by atoms with E-state index >= 15 is 0 Å². The summed E-state index contributed by atoms with van der Waals surface area (Å²) < 4.78 is 7.37. The van der Waals surface area contributed by atoms with E-state index in [1.165, 1.54) is 10.5 Å². The van der Waals surface area contributed by atoms with Gasteiger partial charge in [0, 0.05) is 42.2 Å². The largest absolute Gasteiger partial charge is 0.379 e. The first-order chi connectivity index (χ1) is 10.9. The van der Waals surface area contributed by atoms with E-state index < -0.39 is 0 Å². The highest BCUT2D eigenvalue weighted by Gasteiger charge is 2.04. The van der Waals surface area contributed by atoms with E-state index in [9.17, 15) is 0 Å². The van der Waals surface area contributed by atoms with Gasteiger partial charge in [-0.3, -0.25) is 0 Å². The molecule has 0 radical (unpaired) electrons. The predicted octanol–water partition coefficient (Wildman–Crippen LogP) is 2.11. The third-order valence-corrected chi connectivity index (χ3v) is 4.31. The number of thioether (sulfide) groups is 1. The minimum atomic E-state index is 0.742. The first kappa shape index (κ1) is 15.1. The Balaban J connectivity index is 1.64. The lowest BCUT2D eigenvalue weighted by molar-refractivity contribution is 0.150. The molecule has 0 atom stereocenters. The zero-order valence-electron chi connectivity index (χ0n) is 12.4. The number of benzene rings is 1. The Morgan fingerprint density at radius 3 is 2.95 bits per heavy atom. The van der Waals surface area contributed by atoms with Crippen molar-refractivity contribution in [2.45, 2.75) is 6.42 Å². The second kappa shape index (κ2) is 8.03. The molecule has 2 heterocycles. The van der Waals surface area contributed by atoms with Gasteiger partial charge in [-0.25, -0.2) is 10.1 Å². The Labute approximate surface area is 134 Å². The van der Waals surface area contributed by atoms with Gasteiger partial charge in [0.15, 0.2) is 0 Å². The van der Waals surface area contributed by atoms with Crippen LogP contribution in [0.3, 0.4) is 0 Å². The Morgan fingerprint density at radius 2 is 2.14 bits per heavy atom. The number of hydrogen-bond donors (Lipinski definition) is 2. The molecule has 5 nitrogen and oxygen atoms in total. The van der Waals surface area contributed by atoms with E-state index in [1.807, 2.05) is 28.7 Å². The maximum absolute atomic E-state index is 5.51. The molecule has 0 unspecified atom stereocenters. The van der Waals surface area contributed by atoms with E-state index in [-0.39, 0.29) is 0 Å². The van der Waals surface area contributed by atoms with Crippen LogP contribution in [0, 0.1) is 0 Å². The van der Waals surface area contributed by atoms with Gasteiger partial charge in [0.25, 0.3) is 0 Å². The fourth-order valence-corrected chi connectivity index (χ4v) is 3.07. The van der Waals surface area contributed by atoms with Crippen molar-refractivity contribution in [2.75, 3.05) is 25.5 Å². The first-order valence-corrected chi connectivity index (χ1v) is 8.37. The molecule has 1 aliphatic heterocycles. The summed E-state index contributed by atoms with van der Waals surface area (Å²) in [5, 5.41) is 4.24. The van der Waals surface area contributed by atoms with Crippen molar-refractivity contribution in [3.8, 4) is 5.69 Å². The molecule has 22 heavy (non-hydrogen) atoms. The number of hydrazine groups is 1. The van der Waals surface area contributed by atoms with E-state index in [1.54, 1.807) is 6.20 Å². The van der Waals surface area contributed by atoms with Gasteiger partial charge in [-0.2, -0.15) is 5.10 Å². The average molecular weight is 316 g/mol. The van der Waals surface area contributed by atoms with Gasteiger partial charge in [-0.15, -0.1) is 11.8 Å².